The minimum atomic E-state index is -2.35. The van der Waals surface area contributed by atoms with Gasteiger partial charge in [0, 0.05) is 33.7 Å². The molecule has 0 fully saturated rings. The number of rotatable bonds is 6. The third kappa shape index (κ3) is 3.20. The lowest BCUT2D eigenvalue weighted by Gasteiger charge is -2.42. The number of carbonyl (C=O) groups is 2. The molecule has 2 aromatic carbocycles. The molecule has 37 heavy (non-hydrogen) atoms. The zero-order valence-corrected chi connectivity index (χ0v) is 24.5. The molecule has 0 bridgehead atoms. The molecule has 0 N–H and O–H groups in total. The highest BCUT2D eigenvalue weighted by Gasteiger charge is 2.56. The molecule has 5 nitrogen and oxygen atoms in total. The molecule has 0 saturated carbocycles. The number of furan rings is 1. The van der Waals surface area contributed by atoms with Crippen LogP contribution in [0, 0.1) is 0 Å². The van der Waals surface area contributed by atoms with Crippen LogP contribution in [-0.4, -0.2) is 33.9 Å². The van der Waals surface area contributed by atoms with Crippen LogP contribution >= 0.6 is 0 Å². The molecule has 1 heterocycles. The summed E-state index contributed by atoms with van der Waals surface area (Å²) in [7, 11) is 0.940. The quantitative estimate of drug-likeness (QED) is 0.324. The molecule has 196 valence electrons. The summed E-state index contributed by atoms with van der Waals surface area (Å²) in [5, 5.41) is 2.57. The molecule has 0 amide bonds. The smallest absolute Gasteiger partial charge is 0.228 e. The van der Waals surface area contributed by atoms with Crippen molar-refractivity contribution in [3.63, 3.8) is 0 Å². The summed E-state index contributed by atoms with van der Waals surface area (Å²) < 4.78 is 18.1. The first-order valence-electron chi connectivity index (χ1n) is 13.4. The molecule has 2 aliphatic rings. The molecule has 1 aromatic heterocycles. The highest BCUT2D eigenvalue weighted by molar-refractivity contribution is 6.94. The average Bonchev–Trinajstić information content (AvgIpc) is 3.26. The van der Waals surface area contributed by atoms with E-state index in [0.29, 0.717) is 52.1 Å². The molecule has 0 unspecified atom stereocenters. The van der Waals surface area contributed by atoms with Gasteiger partial charge in [-0.05, 0) is 52.9 Å². The molecule has 0 aliphatic heterocycles. The van der Waals surface area contributed by atoms with Crippen molar-refractivity contribution in [2.24, 2.45) is 0 Å². The van der Waals surface area contributed by atoms with Gasteiger partial charge in [-0.1, -0.05) is 48.5 Å². The maximum atomic E-state index is 14.2. The Bertz CT molecular complexity index is 1420. The summed E-state index contributed by atoms with van der Waals surface area (Å²) in [6.45, 7) is 15.7. The van der Waals surface area contributed by atoms with Crippen molar-refractivity contribution in [2.75, 3.05) is 14.2 Å². The van der Waals surface area contributed by atoms with E-state index >= 15 is 0 Å². The van der Waals surface area contributed by atoms with Crippen LogP contribution in [0.4, 0.5) is 0 Å². The third-order valence-corrected chi connectivity index (χ3v) is 16.3. The second kappa shape index (κ2) is 8.59. The lowest BCUT2D eigenvalue weighted by Crippen LogP contribution is -2.57. The molecule has 0 saturated heterocycles. The van der Waals surface area contributed by atoms with E-state index in [2.05, 4.69) is 54.5 Å². The Morgan fingerprint density at radius 2 is 1.43 bits per heavy atom. The van der Waals surface area contributed by atoms with Gasteiger partial charge in [-0.25, -0.2) is 0 Å². The number of benzene rings is 2. The van der Waals surface area contributed by atoms with Crippen LogP contribution in [0.25, 0.3) is 10.8 Å². The first kappa shape index (κ1) is 25.8. The third-order valence-electron chi connectivity index (χ3n) is 9.41. The SMILES string of the molecule is COc1ccc(OC)c2cc3c(cc12)C(=O)c1oc([Si](C(C)C)(C(C)C)C(C)C)c2c1[C@@]3(C)CCC2=O. The van der Waals surface area contributed by atoms with E-state index in [1.54, 1.807) is 14.2 Å². The van der Waals surface area contributed by atoms with Crippen molar-refractivity contribution in [2.45, 2.75) is 83.3 Å². The van der Waals surface area contributed by atoms with E-state index < -0.39 is 13.5 Å². The van der Waals surface area contributed by atoms with Crippen LogP contribution in [0.5, 0.6) is 11.5 Å². The van der Waals surface area contributed by atoms with Gasteiger partial charge in [0.15, 0.2) is 11.5 Å². The Balaban J connectivity index is 1.89. The Kier molecular flexibility index (Phi) is 5.98. The molecule has 6 heteroatoms. The van der Waals surface area contributed by atoms with Gasteiger partial charge >= 0.3 is 0 Å². The monoisotopic (exact) mass is 518 g/mol. The number of ketones is 2. The largest absolute Gasteiger partial charge is 0.496 e. The summed E-state index contributed by atoms with van der Waals surface area (Å²) in [5.74, 6) is 1.76. The number of hydrogen-bond acceptors (Lipinski definition) is 5. The van der Waals surface area contributed by atoms with Crippen molar-refractivity contribution in [1.82, 2.24) is 0 Å². The van der Waals surface area contributed by atoms with Crippen LogP contribution in [0.1, 0.15) is 98.9 Å². The number of fused-ring (bicyclic) bond motifs is 3. The molecule has 2 aliphatic carbocycles. The van der Waals surface area contributed by atoms with E-state index in [0.717, 1.165) is 33.0 Å². The van der Waals surface area contributed by atoms with Gasteiger partial charge in [0.05, 0.1) is 25.2 Å². The Morgan fingerprint density at radius 3 is 1.95 bits per heavy atom. The topological polar surface area (TPSA) is 65.7 Å². The van der Waals surface area contributed by atoms with Crippen LogP contribution in [-0.2, 0) is 5.41 Å². The van der Waals surface area contributed by atoms with E-state index in [1.165, 1.54) is 0 Å². The fraction of sp³-hybridized carbons (Fsp3) is 0.484. The van der Waals surface area contributed by atoms with E-state index in [-0.39, 0.29) is 11.6 Å². The standard InChI is InChI=1S/C31H38O5Si/c1-16(2)37(17(3)4,18(5)6)30-26-23(32)12-13-31(7)22-15-20-19(24(34-8)10-11-25(20)35-9)14-21(22)28(33)29(36-30)27(26)31/h10-11,14-18H,12-13H2,1-9H3/t31-/m0/s1. The zero-order chi connectivity index (χ0) is 27.0. The van der Waals surface area contributed by atoms with Gasteiger partial charge in [-0.2, -0.15) is 0 Å². The van der Waals surface area contributed by atoms with E-state index in [4.69, 9.17) is 13.9 Å². The predicted molar refractivity (Wildman–Crippen MR) is 150 cm³/mol. The lowest BCUT2D eigenvalue weighted by molar-refractivity contribution is 0.0958. The summed E-state index contributed by atoms with van der Waals surface area (Å²) >= 11 is 0. The Hall–Kier alpha value is -2.86. The van der Waals surface area contributed by atoms with Crippen molar-refractivity contribution in [1.29, 1.82) is 0 Å². The second-order valence-corrected chi connectivity index (χ2v) is 17.7. The first-order chi connectivity index (χ1) is 17.4. The van der Waals surface area contributed by atoms with Crippen LogP contribution in [0.3, 0.4) is 0 Å². The highest BCUT2D eigenvalue weighted by atomic mass is 28.3. The summed E-state index contributed by atoms with van der Waals surface area (Å²) in [6.07, 6.45) is 1.08. The van der Waals surface area contributed by atoms with Crippen LogP contribution < -0.4 is 14.9 Å². The van der Waals surface area contributed by atoms with Gasteiger partial charge in [0.1, 0.15) is 19.6 Å². The number of methoxy groups -OCH3 is 2. The van der Waals surface area contributed by atoms with Crippen molar-refractivity contribution >= 4 is 35.8 Å². The maximum absolute atomic E-state index is 14.2. The van der Waals surface area contributed by atoms with Gasteiger partial charge < -0.3 is 13.9 Å². The normalized spacial score (nSPS) is 19.1. The fourth-order valence-electron chi connectivity index (χ4n) is 7.82. The van der Waals surface area contributed by atoms with Crippen molar-refractivity contribution in [3.8, 4) is 11.5 Å². The maximum Gasteiger partial charge on any atom is 0.228 e. The fourth-order valence-corrected chi connectivity index (χ4v) is 14.4. The summed E-state index contributed by atoms with van der Waals surface area (Å²) in [6, 6.07) is 7.77. The number of carbonyl (C=O) groups excluding carboxylic acids is 2. The molecule has 3 aromatic rings. The minimum Gasteiger partial charge on any atom is -0.496 e. The highest BCUT2D eigenvalue weighted by Crippen LogP contribution is 2.53. The molecule has 1 atom stereocenters. The number of ether oxygens (including phenoxy) is 2. The molecule has 0 radical (unpaired) electrons. The molecular weight excluding hydrogens is 480 g/mol. The molecular formula is C31H38O5Si. The van der Waals surface area contributed by atoms with Gasteiger partial charge in [0.25, 0.3) is 0 Å². The molecule has 0 spiro atoms. The van der Waals surface area contributed by atoms with E-state index in [1.807, 2.05) is 18.2 Å². The summed E-state index contributed by atoms with van der Waals surface area (Å²) in [5.41, 5.74) is 3.65. The van der Waals surface area contributed by atoms with Gasteiger partial charge in [-0.15, -0.1) is 0 Å². The predicted octanol–water partition coefficient (Wildman–Crippen LogP) is 7.16. The minimum absolute atomic E-state index is 0.118. The van der Waals surface area contributed by atoms with Crippen molar-refractivity contribution < 1.29 is 23.5 Å². The number of Topliss-reactive ketones (excluding diaryl/α,β-unsaturated/α-hetero) is 1. The number of hydrogen-bond donors (Lipinski definition) is 0. The lowest BCUT2D eigenvalue weighted by atomic mass is 9.62. The molecule has 5 rings (SSSR count). The average molecular weight is 519 g/mol. The Labute approximate surface area is 220 Å². The Morgan fingerprint density at radius 1 is 0.892 bits per heavy atom. The zero-order valence-electron chi connectivity index (χ0n) is 23.5. The van der Waals surface area contributed by atoms with Crippen molar-refractivity contribution in [3.05, 3.63) is 52.3 Å². The van der Waals surface area contributed by atoms with Gasteiger partial charge in [-0.3, -0.25) is 9.59 Å². The van der Waals surface area contributed by atoms with Crippen LogP contribution in [0.2, 0.25) is 16.6 Å². The second-order valence-electron chi connectivity index (χ2n) is 11.9. The summed E-state index contributed by atoms with van der Waals surface area (Å²) in [4.78, 5) is 27.9. The first-order valence-corrected chi connectivity index (χ1v) is 15.6. The van der Waals surface area contributed by atoms with E-state index in [9.17, 15) is 9.59 Å². The van der Waals surface area contributed by atoms with Crippen LogP contribution in [0.15, 0.2) is 28.7 Å². The van der Waals surface area contributed by atoms with Gasteiger partial charge in [0.2, 0.25) is 5.78 Å².